The molecule has 1 aliphatic carbocycles. The van der Waals surface area contributed by atoms with Crippen LogP contribution in [0, 0.1) is 16.7 Å². The van der Waals surface area contributed by atoms with Crippen LogP contribution >= 0.6 is 0 Å². The summed E-state index contributed by atoms with van der Waals surface area (Å²) in [6.07, 6.45) is 7.76. The van der Waals surface area contributed by atoms with Crippen molar-refractivity contribution in [3.8, 4) is 0 Å². The van der Waals surface area contributed by atoms with E-state index in [1.807, 2.05) is 39.0 Å². The van der Waals surface area contributed by atoms with Crippen LogP contribution in [-0.2, 0) is 9.59 Å². The van der Waals surface area contributed by atoms with Gasteiger partial charge in [0, 0.05) is 24.1 Å². The summed E-state index contributed by atoms with van der Waals surface area (Å²) in [6, 6.07) is 0. The molecule has 0 aromatic heterocycles. The number of allylic oxidation sites excluding steroid dienone is 3. The second-order valence-corrected chi connectivity index (χ2v) is 8.44. The third-order valence-electron chi connectivity index (χ3n) is 3.79. The van der Waals surface area contributed by atoms with Gasteiger partial charge in [0.25, 0.3) is 0 Å². The molecule has 4 nitrogen and oxygen atoms in total. The number of carbonyl (C=O) groups excluding carboxylic acids is 2. The average Bonchev–Trinajstić information content (AvgIpc) is 2.33. The van der Waals surface area contributed by atoms with Gasteiger partial charge in [-0.15, -0.1) is 0 Å². The molecule has 1 N–H and O–H groups in total. The van der Waals surface area contributed by atoms with Gasteiger partial charge in [0.2, 0.25) is 11.8 Å². The van der Waals surface area contributed by atoms with Crippen molar-refractivity contribution in [1.82, 2.24) is 5.32 Å². The van der Waals surface area contributed by atoms with E-state index in [2.05, 4.69) is 31.1 Å². The number of rotatable bonds is 1. The van der Waals surface area contributed by atoms with Crippen LogP contribution in [0.1, 0.15) is 48.0 Å². The fraction of sp³-hybridized carbons (Fsp3) is 0.526. The largest absolute Gasteiger partial charge is 0.325 e. The van der Waals surface area contributed by atoms with Gasteiger partial charge < -0.3 is 5.32 Å². The van der Waals surface area contributed by atoms with Crippen LogP contribution in [0.2, 0.25) is 0 Å². The highest BCUT2D eigenvalue weighted by molar-refractivity contribution is 6.11. The van der Waals surface area contributed by atoms with Crippen LogP contribution < -0.4 is 5.32 Å². The molecule has 1 aliphatic heterocycles. The summed E-state index contributed by atoms with van der Waals surface area (Å²) in [5, 5.41) is 2.87. The predicted molar refractivity (Wildman–Crippen MR) is 92.9 cm³/mol. The van der Waals surface area contributed by atoms with E-state index in [0.717, 1.165) is 11.3 Å². The lowest BCUT2D eigenvalue weighted by Gasteiger charge is -2.34. The molecule has 0 aromatic rings. The van der Waals surface area contributed by atoms with Gasteiger partial charge in [-0.2, -0.15) is 0 Å². The molecule has 2 amide bonds. The van der Waals surface area contributed by atoms with Crippen LogP contribution in [0.4, 0.5) is 0 Å². The highest BCUT2D eigenvalue weighted by Gasteiger charge is 2.32. The molecule has 4 heteroatoms. The molecule has 1 unspecified atom stereocenters. The van der Waals surface area contributed by atoms with E-state index in [0.29, 0.717) is 12.1 Å². The first-order chi connectivity index (χ1) is 10.5. The van der Waals surface area contributed by atoms with Crippen molar-refractivity contribution in [1.29, 1.82) is 0 Å². The third kappa shape index (κ3) is 4.50. The maximum atomic E-state index is 12.0. The van der Waals surface area contributed by atoms with Gasteiger partial charge in [0.1, 0.15) is 0 Å². The predicted octanol–water partition coefficient (Wildman–Crippen LogP) is 3.56. The van der Waals surface area contributed by atoms with Crippen LogP contribution in [-0.4, -0.2) is 17.5 Å². The number of hydrogen-bond acceptors (Lipinski definition) is 2. The zero-order chi connectivity index (χ0) is 17.4. The maximum absolute atomic E-state index is 12.0. The van der Waals surface area contributed by atoms with Gasteiger partial charge in [0.15, 0.2) is 0 Å². The molecule has 0 saturated heterocycles. The fourth-order valence-electron chi connectivity index (χ4n) is 2.78. The minimum Gasteiger partial charge on any atom is -0.325 e. The number of fused-ring (bicyclic) bond motifs is 1. The SMILES string of the molecule is CC(C)(C)CC(=O)N=C1C=CC2C(=C1)NC(=O)C=C2C(C)(C)C. The summed E-state index contributed by atoms with van der Waals surface area (Å²) in [5.74, 6) is -0.210. The summed E-state index contributed by atoms with van der Waals surface area (Å²) in [7, 11) is 0. The molecule has 2 rings (SSSR count). The molecule has 2 aliphatic rings. The molecule has 0 bridgehead atoms. The number of aliphatic imine (C=N–C) groups is 1. The first-order valence-electron chi connectivity index (χ1n) is 8.00. The number of carbonyl (C=O) groups is 2. The topological polar surface area (TPSA) is 58.5 Å². The average molecular weight is 314 g/mol. The summed E-state index contributed by atoms with van der Waals surface area (Å²) >= 11 is 0. The fourth-order valence-corrected chi connectivity index (χ4v) is 2.78. The quantitative estimate of drug-likeness (QED) is 0.804. The third-order valence-corrected chi connectivity index (χ3v) is 3.79. The Balaban J connectivity index is 2.27. The van der Waals surface area contributed by atoms with Crippen molar-refractivity contribution in [3.05, 3.63) is 35.6 Å². The Bertz CT molecular complexity index is 650. The van der Waals surface area contributed by atoms with E-state index in [1.54, 1.807) is 6.08 Å². The van der Waals surface area contributed by atoms with Crippen molar-refractivity contribution < 1.29 is 9.59 Å². The van der Waals surface area contributed by atoms with Crippen molar-refractivity contribution in [2.45, 2.75) is 48.0 Å². The van der Waals surface area contributed by atoms with Crippen molar-refractivity contribution in [2.75, 3.05) is 0 Å². The molecular weight excluding hydrogens is 288 g/mol. The summed E-state index contributed by atoms with van der Waals surface area (Å²) < 4.78 is 0. The Kier molecular flexibility index (Phi) is 4.47. The summed E-state index contributed by atoms with van der Waals surface area (Å²) in [5.41, 5.74) is 2.29. The second-order valence-electron chi connectivity index (χ2n) is 8.44. The number of hydrogen-bond donors (Lipinski definition) is 1. The zero-order valence-electron chi connectivity index (χ0n) is 14.9. The van der Waals surface area contributed by atoms with Gasteiger partial charge >= 0.3 is 0 Å². The van der Waals surface area contributed by atoms with E-state index in [4.69, 9.17) is 0 Å². The molecule has 1 atom stereocenters. The maximum Gasteiger partial charge on any atom is 0.248 e. The van der Waals surface area contributed by atoms with E-state index >= 15 is 0 Å². The Morgan fingerprint density at radius 3 is 2.39 bits per heavy atom. The molecule has 0 radical (unpaired) electrons. The second kappa shape index (κ2) is 5.91. The molecule has 0 spiro atoms. The lowest BCUT2D eigenvalue weighted by atomic mass is 9.74. The van der Waals surface area contributed by atoms with E-state index in [1.165, 1.54) is 0 Å². The number of amides is 2. The Morgan fingerprint density at radius 2 is 1.83 bits per heavy atom. The molecule has 124 valence electrons. The smallest absolute Gasteiger partial charge is 0.248 e. The lowest BCUT2D eigenvalue weighted by molar-refractivity contribution is -0.119. The molecule has 0 fully saturated rings. The van der Waals surface area contributed by atoms with Gasteiger partial charge in [-0.3, -0.25) is 9.59 Å². The first-order valence-corrected chi connectivity index (χ1v) is 8.00. The zero-order valence-corrected chi connectivity index (χ0v) is 14.9. The highest BCUT2D eigenvalue weighted by Crippen LogP contribution is 2.38. The van der Waals surface area contributed by atoms with Gasteiger partial charge in [-0.1, -0.05) is 47.6 Å². The Morgan fingerprint density at radius 1 is 1.17 bits per heavy atom. The minimum absolute atomic E-state index is 0.0457. The van der Waals surface area contributed by atoms with Crippen LogP contribution in [0.5, 0.6) is 0 Å². The molecule has 0 saturated carbocycles. The van der Waals surface area contributed by atoms with E-state index in [-0.39, 0.29) is 28.6 Å². The number of nitrogens with one attached hydrogen (secondary N) is 1. The van der Waals surface area contributed by atoms with Gasteiger partial charge in [0.05, 0.1) is 5.71 Å². The van der Waals surface area contributed by atoms with Crippen molar-refractivity contribution >= 4 is 17.5 Å². The highest BCUT2D eigenvalue weighted by atomic mass is 16.2. The molecule has 23 heavy (non-hydrogen) atoms. The normalized spacial score (nSPS) is 23.1. The molecule has 1 heterocycles. The van der Waals surface area contributed by atoms with Gasteiger partial charge in [-0.25, -0.2) is 4.99 Å². The standard InChI is InChI=1S/C19H26N2O2/c1-18(2,3)11-17(23)20-12-7-8-13-14(19(4,5)6)10-16(22)21-15(13)9-12/h7-10,13H,11H2,1-6H3,(H,21,22). The van der Waals surface area contributed by atoms with Crippen LogP contribution in [0.15, 0.2) is 40.6 Å². The molecular formula is C19H26N2O2. The van der Waals surface area contributed by atoms with E-state index in [9.17, 15) is 9.59 Å². The lowest BCUT2D eigenvalue weighted by Crippen LogP contribution is -2.36. The Labute approximate surface area is 138 Å². The molecule has 0 aromatic carbocycles. The number of nitrogens with zero attached hydrogens (tertiary/aromatic N) is 1. The Hall–Kier alpha value is -1.97. The van der Waals surface area contributed by atoms with Crippen molar-refractivity contribution in [2.24, 2.45) is 21.7 Å². The first kappa shape index (κ1) is 17.4. The minimum atomic E-state index is -0.138. The summed E-state index contributed by atoms with van der Waals surface area (Å²) in [6.45, 7) is 12.3. The van der Waals surface area contributed by atoms with Gasteiger partial charge in [-0.05, 0) is 28.6 Å². The van der Waals surface area contributed by atoms with Crippen LogP contribution in [0.25, 0.3) is 0 Å². The monoisotopic (exact) mass is 314 g/mol. The van der Waals surface area contributed by atoms with Crippen LogP contribution in [0.3, 0.4) is 0 Å². The van der Waals surface area contributed by atoms with Crippen molar-refractivity contribution in [3.63, 3.8) is 0 Å². The summed E-state index contributed by atoms with van der Waals surface area (Å²) in [4.78, 5) is 28.1. The van der Waals surface area contributed by atoms with E-state index < -0.39 is 0 Å².